The van der Waals surface area contributed by atoms with E-state index in [2.05, 4.69) is 0 Å². The smallest absolute Gasteiger partial charge is 0.206 e. The largest absolute Gasteiger partial charge is 0.290 e. The second-order valence-electron chi connectivity index (χ2n) is 1.39. The second-order valence-corrected chi connectivity index (χ2v) is 1.39. The SMILES string of the molecule is O=[C]C1C=CC1. The van der Waals surface area contributed by atoms with E-state index in [4.69, 9.17) is 0 Å². The van der Waals surface area contributed by atoms with E-state index in [-0.39, 0.29) is 5.92 Å². The van der Waals surface area contributed by atoms with E-state index in [1.54, 1.807) is 0 Å². The van der Waals surface area contributed by atoms with Crippen LogP contribution >= 0.6 is 0 Å². The van der Waals surface area contributed by atoms with Crippen LogP contribution in [0.15, 0.2) is 12.2 Å². The van der Waals surface area contributed by atoms with E-state index in [9.17, 15) is 4.79 Å². The van der Waals surface area contributed by atoms with Gasteiger partial charge in [0.25, 0.3) is 0 Å². The summed E-state index contributed by atoms with van der Waals surface area (Å²) in [5.41, 5.74) is 0. The van der Waals surface area contributed by atoms with Crippen LogP contribution in [0.1, 0.15) is 6.42 Å². The molecule has 1 atom stereocenters. The molecule has 0 N–H and O–H groups in total. The number of carbonyl (C=O) groups excluding carboxylic acids is 1. The van der Waals surface area contributed by atoms with Gasteiger partial charge in [-0.25, -0.2) is 0 Å². The summed E-state index contributed by atoms with van der Waals surface area (Å²) < 4.78 is 0. The molecule has 0 aromatic heterocycles. The summed E-state index contributed by atoms with van der Waals surface area (Å²) in [6, 6.07) is 0. The minimum atomic E-state index is 0.130. The molecule has 1 heteroatoms. The third-order valence-electron chi connectivity index (χ3n) is 0.910. The fourth-order valence-corrected chi connectivity index (χ4v) is 0.360. The number of hydrogen-bond acceptors (Lipinski definition) is 1. The van der Waals surface area contributed by atoms with Gasteiger partial charge in [-0.05, 0) is 6.42 Å². The summed E-state index contributed by atoms with van der Waals surface area (Å²) in [5, 5.41) is 0. The molecule has 1 radical (unpaired) electrons. The summed E-state index contributed by atoms with van der Waals surface area (Å²) >= 11 is 0. The molecule has 1 unspecified atom stereocenters. The van der Waals surface area contributed by atoms with Gasteiger partial charge in [-0.2, -0.15) is 0 Å². The Bertz CT molecular complexity index is 83.9. The fourth-order valence-electron chi connectivity index (χ4n) is 0.360. The minimum Gasteiger partial charge on any atom is -0.290 e. The van der Waals surface area contributed by atoms with Gasteiger partial charge in [-0.1, -0.05) is 12.2 Å². The quantitative estimate of drug-likeness (QED) is 0.424. The van der Waals surface area contributed by atoms with Crippen molar-refractivity contribution in [2.24, 2.45) is 5.92 Å². The molecule has 1 aliphatic carbocycles. The maximum atomic E-state index is 9.61. The molecule has 1 aliphatic rings. The van der Waals surface area contributed by atoms with Gasteiger partial charge in [0, 0.05) is 5.92 Å². The van der Waals surface area contributed by atoms with Gasteiger partial charge in [-0.15, -0.1) is 0 Å². The molecular weight excluding hydrogens is 76.1 g/mol. The van der Waals surface area contributed by atoms with Crippen molar-refractivity contribution in [3.05, 3.63) is 12.2 Å². The average molecular weight is 81.1 g/mol. The molecule has 0 fully saturated rings. The molecule has 6 heavy (non-hydrogen) atoms. The van der Waals surface area contributed by atoms with Crippen molar-refractivity contribution in [1.82, 2.24) is 0 Å². The van der Waals surface area contributed by atoms with Crippen LogP contribution in [0.25, 0.3) is 0 Å². The van der Waals surface area contributed by atoms with Crippen molar-refractivity contribution >= 4 is 6.29 Å². The lowest BCUT2D eigenvalue weighted by atomic mass is 9.98. The average Bonchev–Trinajstić information content (AvgIpc) is 1.31. The molecule has 0 spiro atoms. The Hall–Kier alpha value is -0.590. The molecule has 1 nitrogen and oxygen atoms in total. The first-order chi connectivity index (χ1) is 2.93. The van der Waals surface area contributed by atoms with Crippen LogP contribution in [-0.4, -0.2) is 6.29 Å². The van der Waals surface area contributed by atoms with Gasteiger partial charge in [0.2, 0.25) is 6.29 Å². The fraction of sp³-hybridized carbons (Fsp3) is 0.400. The number of allylic oxidation sites excluding steroid dienone is 2. The Morgan fingerprint density at radius 3 is 2.50 bits per heavy atom. The summed E-state index contributed by atoms with van der Waals surface area (Å²) in [6.45, 7) is 0. The molecule has 0 amide bonds. The lowest BCUT2D eigenvalue weighted by molar-refractivity contribution is 0.533. The third kappa shape index (κ3) is 0.361. The van der Waals surface area contributed by atoms with Gasteiger partial charge in [-0.3, -0.25) is 4.79 Å². The molecule has 1 rings (SSSR count). The first-order valence-electron chi connectivity index (χ1n) is 1.98. The summed E-state index contributed by atoms with van der Waals surface area (Å²) in [7, 11) is 0. The van der Waals surface area contributed by atoms with Crippen molar-refractivity contribution in [2.45, 2.75) is 6.42 Å². The van der Waals surface area contributed by atoms with Crippen molar-refractivity contribution in [2.75, 3.05) is 0 Å². The van der Waals surface area contributed by atoms with Crippen molar-refractivity contribution < 1.29 is 4.79 Å². The predicted octanol–water partition coefficient (Wildman–Crippen LogP) is 0.672. The van der Waals surface area contributed by atoms with Gasteiger partial charge < -0.3 is 0 Å². The molecule has 31 valence electrons. The molecule has 0 heterocycles. The van der Waals surface area contributed by atoms with E-state index in [0.717, 1.165) is 6.42 Å². The second kappa shape index (κ2) is 1.25. The Morgan fingerprint density at radius 2 is 2.50 bits per heavy atom. The zero-order valence-corrected chi connectivity index (χ0v) is 3.35. The van der Waals surface area contributed by atoms with E-state index >= 15 is 0 Å². The molecule has 0 aliphatic heterocycles. The van der Waals surface area contributed by atoms with Gasteiger partial charge in [0.15, 0.2) is 0 Å². The number of hydrogen-bond donors (Lipinski definition) is 0. The highest BCUT2D eigenvalue weighted by Gasteiger charge is 2.06. The van der Waals surface area contributed by atoms with Crippen LogP contribution in [0.3, 0.4) is 0 Å². The van der Waals surface area contributed by atoms with Crippen LogP contribution in [0.5, 0.6) is 0 Å². The normalized spacial score (nSPS) is 29.0. The highest BCUT2D eigenvalue weighted by Crippen LogP contribution is 2.11. The van der Waals surface area contributed by atoms with E-state index < -0.39 is 0 Å². The van der Waals surface area contributed by atoms with Crippen molar-refractivity contribution in [1.29, 1.82) is 0 Å². The molecular formula is C5H5O. The van der Waals surface area contributed by atoms with Crippen LogP contribution in [0.2, 0.25) is 0 Å². The first kappa shape index (κ1) is 3.59. The van der Waals surface area contributed by atoms with Gasteiger partial charge in [0.05, 0.1) is 0 Å². The van der Waals surface area contributed by atoms with Gasteiger partial charge >= 0.3 is 0 Å². The van der Waals surface area contributed by atoms with Crippen LogP contribution in [-0.2, 0) is 4.79 Å². The topological polar surface area (TPSA) is 17.1 Å². The Kier molecular flexibility index (Phi) is 0.748. The number of rotatable bonds is 1. The summed E-state index contributed by atoms with van der Waals surface area (Å²) in [6.07, 6.45) is 6.59. The Labute approximate surface area is 36.7 Å². The van der Waals surface area contributed by atoms with E-state index in [1.165, 1.54) is 0 Å². The van der Waals surface area contributed by atoms with Gasteiger partial charge in [0.1, 0.15) is 0 Å². The summed E-state index contributed by atoms with van der Waals surface area (Å²) in [4.78, 5) is 9.61. The van der Waals surface area contributed by atoms with E-state index in [1.807, 2.05) is 18.4 Å². The Balaban J connectivity index is 2.39. The van der Waals surface area contributed by atoms with Crippen LogP contribution < -0.4 is 0 Å². The zero-order chi connectivity index (χ0) is 4.41. The zero-order valence-electron chi connectivity index (χ0n) is 3.35. The lowest BCUT2D eigenvalue weighted by Gasteiger charge is -2.05. The van der Waals surface area contributed by atoms with E-state index in [0.29, 0.717) is 0 Å². The molecule has 0 aromatic carbocycles. The van der Waals surface area contributed by atoms with Crippen LogP contribution in [0.4, 0.5) is 0 Å². The first-order valence-corrected chi connectivity index (χ1v) is 1.98. The maximum Gasteiger partial charge on any atom is 0.206 e. The monoisotopic (exact) mass is 81.0 g/mol. The third-order valence-corrected chi connectivity index (χ3v) is 0.910. The standard InChI is InChI=1S/C5H5O/c6-4-5-2-1-3-5/h1-2,5H,3H2. The van der Waals surface area contributed by atoms with Crippen molar-refractivity contribution in [3.63, 3.8) is 0 Å². The Morgan fingerprint density at radius 1 is 1.83 bits per heavy atom. The molecule has 0 saturated carbocycles. The van der Waals surface area contributed by atoms with Crippen molar-refractivity contribution in [3.8, 4) is 0 Å². The highest BCUT2D eigenvalue weighted by molar-refractivity contribution is 5.59. The maximum absolute atomic E-state index is 9.61. The molecule has 0 saturated heterocycles. The summed E-state index contributed by atoms with van der Waals surface area (Å²) in [5.74, 6) is 0.130. The highest BCUT2D eigenvalue weighted by atomic mass is 16.1. The predicted molar refractivity (Wildman–Crippen MR) is 22.9 cm³/mol. The molecule has 0 aromatic rings. The lowest BCUT2D eigenvalue weighted by Crippen LogP contribution is -2.02. The minimum absolute atomic E-state index is 0.130. The van der Waals surface area contributed by atoms with Crippen LogP contribution in [0, 0.1) is 5.92 Å². The molecule has 0 bridgehead atoms.